The molecule has 4 rings (SSSR count). The van der Waals surface area contributed by atoms with Gasteiger partial charge in [-0.2, -0.15) is 13.2 Å². The number of carbonyl (C=O) groups excluding carboxylic acids is 2. The van der Waals surface area contributed by atoms with Gasteiger partial charge in [0.2, 0.25) is 0 Å². The molecule has 0 spiro atoms. The third-order valence-electron chi connectivity index (χ3n) is 6.04. The molecule has 0 radical (unpaired) electrons. The summed E-state index contributed by atoms with van der Waals surface area (Å²) in [5.41, 5.74) is 1.33. The maximum atomic E-state index is 13.2. The van der Waals surface area contributed by atoms with E-state index in [0.717, 1.165) is 69.7 Å². The van der Waals surface area contributed by atoms with Crippen LogP contribution in [0.2, 0.25) is 0 Å². The number of rotatable bonds is 4. The highest BCUT2D eigenvalue weighted by Gasteiger charge is 2.30. The summed E-state index contributed by atoms with van der Waals surface area (Å²) in [4.78, 5) is 29.7. The van der Waals surface area contributed by atoms with Gasteiger partial charge in [-0.05, 0) is 74.6 Å². The Balaban J connectivity index is 1.50. The number of halogens is 3. The minimum Gasteiger partial charge on any atom is -0.371 e. The lowest BCUT2D eigenvalue weighted by atomic mass is 10.1. The smallest absolute Gasteiger partial charge is 0.371 e. The minimum absolute atomic E-state index is 0.0418. The lowest BCUT2D eigenvalue weighted by molar-refractivity contribution is -0.137. The van der Waals surface area contributed by atoms with Crippen molar-refractivity contribution in [2.24, 2.45) is 0 Å². The van der Waals surface area contributed by atoms with Gasteiger partial charge in [0.1, 0.15) is 0 Å². The molecule has 2 heterocycles. The summed E-state index contributed by atoms with van der Waals surface area (Å²) < 4.78 is 38.2. The van der Waals surface area contributed by atoms with Crippen LogP contribution in [-0.2, 0) is 6.18 Å². The lowest BCUT2D eigenvalue weighted by Crippen LogP contribution is -2.34. The lowest BCUT2D eigenvalue weighted by Gasteiger charge is -2.31. The van der Waals surface area contributed by atoms with Gasteiger partial charge < -0.3 is 20.4 Å². The fourth-order valence-electron chi connectivity index (χ4n) is 4.32. The van der Waals surface area contributed by atoms with Crippen LogP contribution in [0.15, 0.2) is 42.5 Å². The van der Waals surface area contributed by atoms with Crippen molar-refractivity contribution in [3.63, 3.8) is 0 Å². The van der Waals surface area contributed by atoms with Crippen molar-refractivity contribution in [1.29, 1.82) is 0 Å². The molecule has 0 atom stereocenters. The zero-order valence-electron chi connectivity index (χ0n) is 18.3. The standard InChI is InChI=1S/C24H27F3N4O2/c25-24(26,27)17-6-8-18(9-7-17)28-23(33)29-19-10-11-21(30-12-2-1-3-13-30)20(16-19)22(32)31-14-4-5-15-31/h6-11,16H,1-5,12-15H2,(H2,28,29,33). The largest absolute Gasteiger partial charge is 0.416 e. The Labute approximate surface area is 190 Å². The van der Waals surface area contributed by atoms with Crippen LogP contribution in [0.3, 0.4) is 0 Å². The number of hydrogen-bond acceptors (Lipinski definition) is 3. The Morgan fingerprint density at radius 3 is 1.97 bits per heavy atom. The third kappa shape index (κ3) is 5.58. The number of carbonyl (C=O) groups is 2. The Morgan fingerprint density at radius 2 is 1.33 bits per heavy atom. The number of nitrogens with one attached hydrogen (secondary N) is 2. The van der Waals surface area contributed by atoms with Crippen LogP contribution >= 0.6 is 0 Å². The molecule has 2 N–H and O–H groups in total. The molecule has 2 aliphatic heterocycles. The van der Waals surface area contributed by atoms with E-state index >= 15 is 0 Å². The van der Waals surface area contributed by atoms with Gasteiger partial charge in [-0.3, -0.25) is 4.79 Å². The molecular formula is C24H27F3N4O2. The third-order valence-corrected chi connectivity index (χ3v) is 6.04. The molecule has 33 heavy (non-hydrogen) atoms. The van der Waals surface area contributed by atoms with Crippen LogP contribution in [0.1, 0.15) is 48.0 Å². The summed E-state index contributed by atoms with van der Waals surface area (Å²) >= 11 is 0. The fraction of sp³-hybridized carbons (Fsp3) is 0.417. The van der Waals surface area contributed by atoms with Crippen molar-refractivity contribution < 1.29 is 22.8 Å². The Bertz CT molecular complexity index is 996. The van der Waals surface area contributed by atoms with Crippen molar-refractivity contribution in [1.82, 2.24) is 4.90 Å². The van der Waals surface area contributed by atoms with Gasteiger partial charge in [-0.25, -0.2) is 4.79 Å². The molecule has 176 valence electrons. The van der Waals surface area contributed by atoms with Crippen LogP contribution in [0, 0.1) is 0 Å². The summed E-state index contributed by atoms with van der Waals surface area (Å²) in [5.74, 6) is -0.0418. The van der Waals surface area contributed by atoms with Gasteiger partial charge >= 0.3 is 12.2 Å². The normalized spacial score (nSPS) is 16.6. The van der Waals surface area contributed by atoms with Crippen LogP contribution < -0.4 is 15.5 Å². The molecule has 0 bridgehead atoms. The molecular weight excluding hydrogens is 433 g/mol. The van der Waals surface area contributed by atoms with E-state index in [0.29, 0.717) is 11.3 Å². The van der Waals surface area contributed by atoms with Gasteiger partial charge in [0.05, 0.1) is 11.1 Å². The number of likely N-dealkylation sites (tertiary alicyclic amines) is 1. The van der Waals surface area contributed by atoms with Gasteiger partial charge in [-0.1, -0.05) is 0 Å². The van der Waals surface area contributed by atoms with Crippen molar-refractivity contribution in [3.05, 3.63) is 53.6 Å². The van der Waals surface area contributed by atoms with Crippen LogP contribution in [0.25, 0.3) is 0 Å². The molecule has 3 amide bonds. The summed E-state index contributed by atoms with van der Waals surface area (Å²) in [5, 5.41) is 5.22. The average Bonchev–Trinajstić information content (AvgIpc) is 3.34. The van der Waals surface area contributed by atoms with Gasteiger partial charge in [-0.15, -0.1) is 0 Å². The molecule has 0 saturated carbocycles. The summed E-state index contributed by atoms with van der Waals surface area (Å²) in [6.07, 6.45) is 0.862. The predicted octanol–water partition coefficient (Wildman–Crippen LogP) is 5.58. The monoisotopic (exact) mass is 460 g/mol. The number of urea groups is 1. The summed E-state index contributed by atoms with van der Waals surface area (Å²) in [6.45, 7) is 3.23. The van der Waals surface area contributed by atoms with E-state index in [4.69, 9.17) is 0 Å². The van der Waals surface area contributed by atoms with Crippen molar-refractivity contribution in [2.75, 3.05) is 41.7 Å². The van der Waals surface area contributed by atoms with Crippen LogP contribution in [0.4, 0.5) is 35.0 Å². The SMILES string of the molecule is O=C(Nc1ccc(C(F)(F)F)cc1)Nc1ccc(N2CCCCC2)c(C(=O)N2CCCC2)c1. The number of amides is 3. The summed E-state index contributed by atoms with van der Waals surface area (Å²) in [6, 6.07) is 8.93. The number of alkyl halides is 3. The van der Waals surface area contributed by atoms with E-state index in [-0.39, 0.29) is 11.6 Å². The maximum absolute atomic E-state index is 13.2. The first-order chi connectivity index (χ1) is 15.8. The molecule has 2 saturated heterocycles. The van der Waals surface area contributed by atoms with Crippen molar-refractivity contribution in [3.8, 4) is 0 Å². The average molecular weight is 461 g/mol. The molecule has 2 fully saturated rings. The number of nitrogens with zero attached hydrogens (tertiary/aromatic N) is 2. The van der Waals surface area contributed by atoms with E-state index in [2.05, 4.69) is 15.5 Å². The first-order valence-electron chi connectivity index (χ1n) is 11.2. The zero-order chi connectivity index (χ0) is 23.4. The highest BCUT2D eigenvalue weighted by molar-refractivity contribution is 6.04. The van der Waals surface area contributed by atoms with Gasteiger partial charge in [0.25, 0.3) is 5.91 Å². The van der Waals surface area contributed by atoms with Crippen molar-refractivity contribution >= 4 is 29.0 Å². The number of piperidine rings is 1. The number of hydrogen-bond donors (Lipinski definition) is 2. The van der Waals surface area contributed by atoms with E-state index in [9.17, 15) is 22.8 Å². The highest BCUT2D eigenvalue weighted by atomic mass is 19.4. The molecule has 0 unspecified atom stereocenters. The first kappa shape index (κ1) is 22.9. The molecule has 0 aromatic heterocycles. The second-order valence-corrected chi connectivity index (χ2v) is 8.43. The molecule has 9 heteroatoms. The van der Waals surface area contributed by atoms with Crippen LogP contribution in [-0.4, -0.2) is 43.0 Å². The topological polar surface area (TPSA) is 64.7 Å². The highest BCUT2D eigenvalue weighted by Crippen LogP contribution is 2.31. The number of benzene rings is 2. The Kier molecular flexibility index (Phi) is 6.76. The molecule has 0 aliphatic carbocycles. The minimum atomic E-state index is -4.44. The quantitative estimate of drug-likeness (QED) is 0.627. The van der Waals surface area contributed by atoms with E-state index in [1.54, 1.807) is 12.1 Å². The molecule has 2 aliphatic rings. The predicted molar refractivity (Wildman–Crippen MR) is 122 cm³/mol. The Morgan fingerprint density at radius 1 is 0.758 bits per heavy atom. The second-order valence-electron chi connectivity index (χ2n) is 8.43. The van der Waals surface area contributed by atoms with Crippen LogP contribution in [0.5, 0.6) is 0 Å². The van der Waals surface area contributed by atoms with E-state index in [1.165, 1.54) is 18.6 Å². The first-order valence-corrected chi connectivity index (χ1v) is 11.2. The Hall–Kier alpha value is -3.23. The maximum Gasteiger partial charge on any atom is 0.416 e. The van der Waals surface area contributed by atoms with E-state index in [1.807, 2.05) is 11.0 Å². The fourth-order valence-corrected chi connectivity index (χ4v) is 4.32. The van der Waals surface area contributed by atoms with Gasteiger partial charge in [0.15, 0.2) is 0 Å². The second kappa shape index (κ2) is 9.72. The van der Waals surface area contributed by atoms with Gasteiger partial charge in [0, 0.05) is 43.2 Å². The molecule has 2 aromatic carbocycles. The van der Waals surface area contributed by atoms with Crippen molar-refractivity contribution in [2.45, 2.75) is 38.3 Å². The summed E-state index contributed by atoms with van der Waals surface area (Å²) in [7, 11) is 0. The zero-order valence-corrected chi connectivity index (χ0v) is 18.3. The van der Waals surface area contributed by atoms with E-state index < -0.39 is 17.8 Å². The molecule has 6 nitrogen and oxygen atoms in total. The number of anilines is 3. The molecule has 2 aromatic rings.